The number of hydrogen-bond acceptors (Lipinski definition) is 3. The standard InChI is InChI=1S/C13H18BrN3O/c1-11-8-12(10-15-9-11)13(18)17-6-4-16(3-2-14)5-7-17/h8-10H,2-7H2,1H3. The molecular weight excluding hydrogens is 294 g/mol. The third-order valence-corrected chi connectivity index (χ3v) is 3.54. The molecule has 18 heavy (non-hydrogen) atoms. The molecule has 1 aromatic heterocycles. The molecule has 1 aliphatic rings. The Balaban J connectivity index is 1.95. The first-order valence-corrected chi connectivity index (χ1v) is 7.32. The second-order valence-electron chi connectivity index (χ2n) is 4.57. The normalized spacial score (nSPS) is 16.9. The maximum absolute atomic E-state index is 12.3. The van der Waals surface area contributed by atoms with Crippen LogP contribution in [0.2, 0.25) is 0 Å². The van der Waals surface area contributed by atoms with Crippen molar-refractivity contribution >= 4 is 21.8 Å². The van der Waals surface area contributed by atoms with Crippen LogP contribution < -0.4 is 0 Å². The van der Waals surface area contributed by atoms with E-state index in [9.17, 15) is 4.79 Å². The van der Waals surface area contributed by atoms with Crippen LogP contribution >= 0.6 is 15.9 Å². The van der Waals surface area contributed by atoms with Crippen molar-refractivity contribution < 1.29 is 4.79 Å². The summed E-state index contributed by atoms with van der Waals surface area (Å²) in [6.07, 6.45) is 3.42. The van der Waals surface area contributed by atoms with E-state index in [-0.39, 0.29) is 5.91 Å². The first kappa shape index (κ1) is 13.5. The van der Waals surface area contributed by atoms with Gasteiger partial charge in [0, 0.05) is 50.4 Å². The van der Waals surface area contributed by atoms with Crippen molar-refractivity contribution in [2.75, 3.05) is 38.1 Å². The van der Waals surface area contributed by atoms with E-state index in [2.05, 4.69) is 25.8 Å². The molecule has 4 nitrogen and oxygen atoms in total. The van der Waals surface area contributed by atoms with Gasteiger partial charge in [-0.3, -0.25) is 14.7 Å². The lowest BCUT2D eigenvalue weighted by Crippen LogP contribution is -2.49. The fourth-order valence-electron chi connectivity index (χ4n) is 2.15. The van der Waals surface area contributed by atoms with Gasteiger partial charge in [0.05, 0.1) is 5.56 Å². The molecule has 0 unspecified atom stereocenters. The number of aryl methyl sites for hydroxylation is 1. The number of pyridine rings is 1. The maximum Gasteiger partial charge on any atom is 0.255 e. The molecule has 1 amide bonds. The van der Waals surface area contributed by atoms with Gasteiger partial charge in [-0.2, -0.15) is 0 Å². The van der Waals surface area contributed by atoms with Gasteiger partial charge in [-0.1, -0.05) is 15.9 Å². The molecule has 2 rings (SSSR count). The molecule has 98 valence electrons. The molecule has 0 aromatic carbocycles. The minimum atomic E-state index is 0.102. The number of alkyl halides is 1. The third kappa shape index (κ3) is 3.29. The number of hydrogen-bond donors (Lipinski definition) is 0. The number of carbonyl (C=O) groups is 1. The molecule has 0 bridgehead atoms. The molecule has 0 saturated carbocycles. The average molecular weight is 312 g/mol. The summed E-state index contributed by atoms with van der Waals surface area (Å²) in [5, 5.41) is 0.989. The highest BCUT2D eigenvalue weighted by Gasteiger charge is 2.21. The zero-order valence-electron chi connectivity index (χ0n) is 10.6. The minimum absolute atomic E-state index is 0.102. The van der Waals surface area contributed by atoms with Gasteiger partial charge < -0.3 is 4.90 Å². The number of piperazine rings is 1. The van der Waals surface area contributed by atoms with Crippen molar-refractivity contribution in [2.45, 2.75) is 6.92 Å². The average Bonchev–Trinajstić information content (AvgIpc) is 2.39. The molecule has 1 aliphatic heterocycles. The van der Waals surface area contributed by atoms with Gasteiger partial charge in [0.15, 0.2) is 0 Å². The molecular formula is C13H18BrN3O. The van der Waals surface area contributed by atoms with Crippen LogP contribution in [0.25, 0.3) is 0 Å². The summed E-state index contributed by atoms with van der Waals surface area (Å²) >= 11 is 3.44. The molecule has 0 N–H and O–H groups in total. The molecule has 1 saturated heterocycles. The Labute approximate surface area is 116 Å². The zero-order valence-corrected chi connectivity index (χ0v) is 12.2. The van der Waals surface area contributed by atoms with Crippen LogP contribution in [0.3, 0.4) is 0 Å². The molecule has 0 atom stereocenters. The van der Waals surface area contributed by atoms with E-state index < -0.39 is 0 Å². The number of amides is 1. The Morgan fingerprint density at radius 3 is 2.67 bits per heavy atom. The second kappa shape index (κ2) is 6.29. The van der Waals surface area contributed by atoms with E-state index in [1.165, 1.54) is 0 Å². The first-order chi connectivity index (χ1) is 8.70. The Morgan fingerprint density at radius 2 is 2.06 bits per heavy atom. The van der Waals surface area contributed by atoms with E-state index in [1.54, 1.807) is 12.4 Å². The van der Waals surface area contributed by atoms with Gasteiger partial charge in [0.25, 0.3) is 5.91 Å². The lowest BCUT2D eigenvalue weighted by Gasteiger charge is -2.34. The predicted molar refractivity (Wildman–Crippen MR) is 75.1 cm³/mol. The topological polar surface area (TPSA) is 36.4 Å². The van der Waals surface area contributed by atoms with E-state index in [4.69, 9.17) is 0 Å². The third-order valence-electron chi connectivity index (χ3n) is 3.18. The lowest BCUT2D eigenvalue weighted by atomic mass is 10.2. The Morgan fingerprint density at radius 1 is 1.33 bits per heavy atom. The van der Waals surface area contributed by atoms with E-state index in [0.29, 0.717) is 5.56 Å². The Kier molecular flexibility index (Phi) is 4.72. The summed E-state index contributed by atoms with van der Waals surface area (Å²) in [6.45, 7) is 6.53. The van der Waals surface area contributed by atoms with E-state index in [1.807, 2.05) is 17.9 Å². The molecule has 0 aliphatic carbocycles. The van der Waals surface area contributed by atoms with Crippen molar-refractivity contribution in [3.8, 4) is 0 Å². The minimum Gasteiger partial charge on any atom is -0.336 e. The Hall–Kier alpha value is -0.940. The number of nitrogens with zero attached hydrogens (tertiary/aromatic N) is 3. The summed E-state index contributed by atoms with van der Waals surface area (Å²) in [4.78, 5) is 20.6. The summed E-state index contributed by atoms with van der Waals surface area (Å²) in [7, 11) is 0. The smallest absolute Gasteiger partial charge is 0.255 e. The van der Waals surface area contributed by atoms with Crippen LogP contribution in [-0.4, -0.2) is 58.7 Å². The fraction of sp³-hybridized carbons (Fsp3) is 0.538. The number of carbonyl (C=O) groups excluding carboxylic acids is 1. The molecule has 1 fully saturated rings. The monoisotopic (exact) mass is 311 g/mol. The van der Waals surface area contributed by atoms with Crippen LogP contribution in [0, 0.1) is 6.92 Å². The summed E-state index contributed by atoms with van der Waals surface area (Å²) in [6, 6.07) is 1.90. The summed E-state index contributed by atoms with van der Waals surface area (Å²) in [5.41, 5.74) is 1.72. The van der Waals surface area contributed by atoms with Gasteiger partial charge in [-0.25, -0.2) is 0 Å². The van der Waals surface area contributed by atoms with Crippen LogP contribution in [0.5, 0.6) is 0 Å². The van der Waals surface area contributed by atoms with Gasteiger partial charge in [0.2, 0.25) is 0 Å². The molecule has 0 spiro atoms. The van der Waals surface area contributed by atoms with Crippen LogP contribution in [0.15, 0.2) is 18.5 Å². The van der Waals surface area contributed by atoms with E-state index in [0.717, 1.165) is 43.6 Å². The lowest BCUT2D eigenvalue weighted by molar-refractivity contribution is 0.0644. The quantitative estimate of drug-likeness (QED) is 0.795. The number of aromatic nitrogens is 1. The molecule has 1 aromatic rings. The van der Waals surface area contributed by atoms with Gasteiger partial charge in [0.1, 0.15) is 0 Å². The van der Waals surface area contributed by atoms with Crippen molar-refractivity contribution in [3.63, 3.8) is 0 Å². The highest BCUT2D eigenvalue weighted by Crippen LogP contribution is 2.09. The van der Waals surface area contributed by atoms with Crippen molar-refractivity contribution in [3.05, 3.63) is 29.6 Å². The molecule has 2 heterocycles. The fourth-order valence-corrected chi connectivity index (χ4v) is 2.65. The summed E-state index contributed by atoms with van der Waals surface area (Å²) in [5.74, 6) is 0.102. The first-order valence-electron chi connectivity index (χ1n) is 6.20. The van der Waals surface area contributed by atoms with Crippen LogP contribution in [0.4, 0.5) is 0 Å². The second-order valence-corrected chi connectivity index (χ2v) is 5.37. The van der Waals surface area contributed by atoms with Gasteiger partial charge >= 0.3 is 0 Å². The number of halogens is 1. The van der Waals surface area contributed by atoms with Gasteiger partial charge in [-0.05, 0) is 18.6 Å². The SMILES string of the molecule is Cc1cncc(C(=O)N2CCN(CCBr)CC2)c1. The van der Waals surface area contributed by atoms with Gasteiger partial charge in [-0.15, -0.1) is 0 Å². The zero-order chi connectivity index (χ0) is 13.0. The van der Waals surface area contributed by atoms with Crippen molar-refractivity contribution in [2.24, 2.45) is 0 Å². The highest BCUT2D eigenvalue weighted by atomic mass is 79.9. The highest BCUT2D eigenvalue weighted by molar-refractivity contribution is 9.09. The van der Waals surface area contributed by atoms with Crippen molar-refractivity contribution in [1.29, 1.82) is 0 Å². The molecule has 5 heteroatoms. The van der Waals surface area contributed by atoms with Crippen molar-refractivity contribution in [1.82, 2.24) is 14.8 Å². The summed E-state index contributed by atoms with van der Waals surface area (Å²) < 4.78 is 0. The molecule has 0 radical (unpaired) electrons. The number of rotatable bonds is 3. The largest absolute Gasteiger partial charge is 0.336 e. The van der Waals surface area contributed by atoms with Crippen LogP contribution in [-0.2, 0) is 0 Å². The Bertz CT molecular complexity index is 416. The maximum atomic E-state index is 12.3. The predicted octanol–water partition coefficient (Wildman–Crippen LogP) is 1.54. The van der Waals surface area contributed by atoms with E-state index >= 15 is 0 Å². The van der Waals surface area contributed by atoms with Crippen LogP contribution in [0.1, 0.15) is 15.9 Å².